The van der Waals surface area contributed by atoms with Gasteiger partial charge in [0.05, 0.1) is 16.9 Å². The number of carbonyl (C=O) groups excluding carboxylic acids is 2. The van der Waals surface area contributed by atoms with E-state index in [0.717, 1.165) is 11.0 Å². The van der Waals surface area contributed by atoms with Gasteiger partial charge in [-0.3, -0.25) is 19.7 Å². The summed E-state index contributed by atoms with van der Waals surface area (Å²) in [7, 11) is 0. The standard InChI is InChI=1S/C11H11N3O5/c12-11(17)6-3-10(16)13(5-6)8-2-1-7(15)4-9(8)14(18)19/h1-2,4,6,15H,3,5H2,(H2,12,17). The molecule has 0 radical (unpaired) electrons. The molecule has 1 aliphatic rings. The van der Waals surface area contributed by atoms with Gasteiger partial charge < -0.3 is 15.7 Å². The Balaban J connectivity index is 2.40. The summed E-state index contributed by atoms with van der Waals surface area (Å²) in [6.45, 7) is 0.0137. The van der Waals surface area contributed by atoms with Crippen LogP contribution in [0.4, 0.5) is 11.4 Å². The highest BCUT2D eigenvalue weighted by Crippen LogP contribution is 2.35. The molecule has 0 spiro atoms. The van der Waals surface area contributed by atoms with Crippen LogP contribution in [-0.2, 0) is 9.59 Å². The summed E-state index contributed by atoms with van der Waals surface area (Å²) in [5.74, 6) is -1.94. The highest BCUT2D eigenvalue weighted by Gasteiger charge is 2.36. The minimum absolute atomic E-state index is 0.0137. The molecule has 0 aliphatic carbocycles. The number of nitro groups is 1. The van der Waals surface area contributed by atoms with E-state index in [0.29, 0.717) is 0 Å². The van der Waals surface area contributed by atoms with Crippen molar-refractivity contribution in [2.45, 2.75) is 6.42 Å². The average Bonchev–Trinajstić information content (AvgIpc) is 2.71. The van der Waals surface area contributed by atoms with Crippen molar-refractivity contribution in [1.82, 2.24) is 0 Å². The van der Waals surface area contributed by atoms with Crippen LogP contribution in [0.3, 0.4) is 0 Å². The number of nitro benzene ring substituents is 1. The molecule has 0 aromatic heterocycles. The van der Waals surface area contributed by atoms with Crippen LogP contribution in [0.1, 0.15) is 6.42 Å². The van der Waals surface area contributed by atoms with Gasteiger partial charge in [-0.25, -0.2) is 0 Å². The average molecular weight is 265 g/mol. The number of hydrogen-bond donors (Lipinski definition) is 2. The summed E-state index contributed by atoms with van der Waals surface area (Å²) in [6.07, 6.45) is -0.0621. The summed E-state index contributed by atoms with van der Waals surface area (Å²) < 4.78 is 0. The Morgan fingerprint density at radius 1 is 1.53 bits per heavy atom. The Bertz CT molecular complexity index is 571. The molecule has 1 heterocycles. The van der Waals surface area contributed by atoms with E-state index in [1.165, 1.54) is 12.1 Å². The zero-order chi connectivity index (χ0) is 14.2. The predicted octanol–water partition coefficient (Wildman–Crippen LogP) is 0.139. The maximum atomic E-state index is 11.8. The molecule has 8 nitrogen and oxygen atoms in total. The van der Waals surface area contributed by atoms with Crippen molar-refractivity contribution in [3.8, 4) is 5.75 Å². The maximum absolute atomic E-state index is 11.8. The second-order valence-corrected chi connectivity index (χ2v) is 4.24. The smallest absolute Gasteiger partial charge is 0.296 e. The van der Waals surface area contributed by atoms with Gasteiger partial charge in [-0.1, -0.05) is 0 Å². The van der Waals surface area contributed by atoms with Gasteiger partial charge in [0.25, 0.3) is 5.69 Å². The molecule has 2 rings (SSSR count). The molecular weight excluding hydrogens is 254 g/mol. The SMILES string of the molecule is NC(=O)C1CC(=O)N(c2ccc(O)cc2[N+](=O)[O-])C1. The Labute approximate surface area is 107 Å². The highest BCUT2D eigenvalue weighted by atomic mass is 16.6. The first-order valence-corrected chi connectivity index (χ1v) is 5.47. The Hall–Kier alpha value is -2.64. The van der Waals surface area contributed by atoms with Gasteiger partial charge in [0.1, 0.15) is 11.4 Å². The quantitative estimate of drug-likeness (QED) is 0.593. The molecule has 19 heavy (non-hydrogen) atoms. The molecule has 1 aromatic carbocycles. The van der Waals surface area contributed by atoms with E-state index in [9.17, 15) is 24.8 Å². The Morgan fingerprint density at radius 3 is 2.74 bits per heavy atom. The van der Waals surface area contributed by atoms with E-state index >= 15 is 0 Å². The van der Waals surface area contributed by atoms with Crippen molar-refractivity contribution in [1.29, 1.82) is 0 Å². The van der Waals surface area contributed by atoms with Crippen molar-refractivity contribution < 1.29 is 19.6 Å². The van der Waals surface area contributed by atoms with Gasteiger partial charge in [-0.15, -0.1) is 0 Å². The molecule has 3 N–H and O–H groups in total. The van der Waals surface area contributed by atoms with Crippen LogP contribution in [-0.4, -0.2) is 28.4 Å². The minimum atomic E-state index is -0.695. The number of primary amides is 1. The predicted molar refractivity (Wildman–Crippen MR) is 64.4 cm³/mol. The molecule has 8 heteroatoms. The highest BCUT2D eigenvalue weighted by molar-refractivity contribution is 6.01. The number of nitrogens with two attached hydrogens (primary N) is 1. The first-order valence-electron chi connectivity index (χ1n) is 5.47. The van der Waals surface area contributed by atoms with Crippen LogP contribution in [0.25, 0.3) is 0 Å². The number of hydrogen-bond acceptors (Lipinski definition) is 5. The largest absolute Gasteiger partial charge is 0.508 e. The zero-order valence-electron chi connectivity index (χ0n) is 9.78. The third-order valence-electron chi connectivity index (χ3n) is 2.97. The van der Waals surface area contributed by atoms with Crippen LogP contribution in [0.5, 0.6) is 5.75 Å². The third-order valence-corrected chi connectivity index (χ3v) is 2.97. The fourth-order valence-corrected chi connectivity index (χ4v) is 2.02. The van der Waals surface area contributed by atoms with Gasteiger partial charge in [0.15, 0.2) is 0 Å². The lowest BCUT2D eigenvalue weighted by molar-refractivity contribution is -0.384. The summed E-state index contributed by atoms with van der Waals surface area (Å²) in [5.41, 5.74) is 4.79. The van der Waals surface area contributed by atoms with Crippen molar-refractivity contribution in [2.75, 3.05) is 11.4 Å². The fraction of sp³-hybridized carbons (Fsp3) is 0.273. The molecule has 1 unspecified atom stereocenters. The molecule has 1 atom stereocenters. The van der Waals surface area contributed by atoms with Gasteiger partial charge >= 0.3 is 0 Å². The van der Waals surface area contributed by atoms with E-state index in [1.807, 2.05) is 0 Å². The monoisotopic (exact) mass is 265 g/mol. The van der Waals surface area contributed by atoms with Crippen LogP contribution in [0, 0.1) is 16.0 Å². The maximum Gasteiger partial charge on any atom is 0.296 e. The van der Waals surface area contributed by atoms with Crippen molar-refractivity contribution in [3.05, 3.63) is 28.3 Å². The van der Waals surface area contributed by atoms with Crippen molar-refractivity contribution in [2.24, 2.45) is 11.7 Å². The van der Waals surface area contributed by atoms with Crippen LogP contribution in [0.15, 0.2) is 18.2 Å². The van der Waals surface area contributed by atoms with Crippen LogP contribution >= 0.6 is 0 Å². The van der Waals surface area contributed by atoms with Gasteiger partial charge in [-0.2, -0.15) is 0 Å². The summed E-state index contributed by atoms with van der Waals surface area (Å²) >= 11 is 0. The number of anilines is 1. The molecular formula is C11H11N3O5. The van der Waals surface area contributed by atoms with E-state index in [4.69, 9.17) is 5.73 Å². The molecule has 1 fully saturated rings. The molecule has 0 bridgehead atoms. The second-order valence-electron chi connectivity index (χ2n) is 4.24. The summed E-state index contributed by atoms with van der Waals surface area (Å²) in [5, 5.41) is 20.2. The second kappa shape index (κ2) is 4.56. The molecule has 1 saturated heterocycles. The van der Waals surface area contributed by atoms with Crippen molar-refractivity contribution >= 4 is 23.2 Å². The number of phenols is 1. The molecule has 100 valence electrons. The molecule has 2 amide bonds. The molecule has 1 aliphatic heterocycles. The minimum Gasteiger partial charge on any atom is -0.508 e. The number of aromatic hydroxyl groups is 1. The fourth-order valence-electron chi connectivity index (χ4n) is 2.02. The van der Waals surface area contributed by atoms with E-state index < -0.39 is 28.3 Å². The summed E-state index contributed by atoms with van der Waals surface area (Å²) in [6, 6.07) is 3.47. The topological polar surface area (TPSA) is 127 Å². The lowest BCUT2D eigenvalue weighted by Crippen LogP contribution is -2.28. The Kier molecular flexibility index (Phi) is 3.07. The normalized spacial score (nSPS) is 18.6. The van der Waals surface area contributed by atoms with Gasteiger partial charge in [0, 0.05) is 13.0 Å². The van der Waals surface area contributed by atoms with E-state index in [1.54, 1.807) is 0 Å². The number of rotatable bonds is 3. The van der Waals surface area contributed by atoms with E-state index in [2.05, 4.69) is 0 Å². The van der Waals surface area contributed by atoms with Crippen LogP contribution < -0.4 is 10.6 Å². The number of carbonyl (C=O) groups is 2. The lowest BCUT2D eigenvalue weighted by atomic mass is 10.1. The van der Waals surface area contributed by atoms with Gasteiger partial charge in [0.2, 0.25) is 11.8 Å². The van der Waals surface area contributed by atoms with Gasteiger partial charge in [-0.05, 0) is 12.1 Å². The molecule has 0 saturated carbocycles. The van der Waals surface area contributed by atoms with Crippen LogP contribution in [0.2, 0.25) is 0 Å². The molecule has 1 aromatic rings. The third kappa shape index (κ3) is 2.32. The first-order chi connectivity index (χ1) is 8.90. The summed E-state index contributed by atoms with van der Waals surface area (Å²) in [4.78, 5) is 34.2. The number of amides is 2. The first kappa shape index (κ1) is 12.8. The number of phenolic OH excluding ortho intramolecular Hbond substituents is 1. The number of benzene rings is 1. The Morgan fingerprint density at radius 2 is 2.21 bits per heavy atom. The van der Waals surface area contributed by atoms with Crippen molar-refractivity contribution in [3.63, 3.8) is 0 Å². The van der Waals surface area contributed by atoms with E-state index in [-0.39, 0.29) is 24.4 Å². The lowest BCUT2D eigenvalue weighted by Gasteiger charge is -2.16. The number of nitrogens with zero attached hydrogens (tertiary/aromatic N) is 2. The zero-order valence-corrected chi connectivity index (χ0v) is 9.78.